The molecule has 0 radical (unpaired) electrons. The number of esters is 1. The minimum absolute atomic E-state index is 0.394. The number of fused-ring (bicyclic) bond motifs is 2. The van der Waals surface area contributed by atoms with Crippen LogP contribution in [-0.4, -0.2) is 52.1 Å². The van der Waals surface area contributed by atoms with Gasteiger partial charge in [-0.3, -0.25) is 4.40 Å². The predicted molar refractivity (Wildman–Crippen MR) is 101 cm³/mol. The van der Waals surface area contributed by atoms with Gasteiger partial charge in [0.1, 0.15) is 22.8 Å². The van der Waals surface area contributed by atoms with Gasteiger partial charge < -0.3 is 19.2 Å². The quantitative estimate of drug-likeness (QED) is 0.418. The van der Waals surface area contributed by atoms with Crippen molar-refractivity contribution in [3.05, 3.63) is 54.6 Å². The Kier molecular flexibility index (Phi) is 4.47. The highest BCUT2D eigenvalue weighted by molar-refractivity contribution is 5.90. The second-order valence-electron chi connectivity index (χ2n) is 5.98. The summed E-state index contributed by atoms with van der Waals surface area (Å²) in [6, 6.07) is 7.42. The Morgan fingerprint density at radius 3 is 2.81 bits per heavy atom. The standard InChI is InChI=1S/C19H19N5O3/c1-26-10-8-21-18-17(13-3-5-15-20-7-9-23(15)11-13)22-16-6-4-14(12-24(16)18)19(25)27-2/h3-7,9,11-12,21H,8,10H2,1-2H3. The number of nitrogens with one attached hydrogen (secondary N) is 1. The molecule has 0 amide bonds. The number of nitrogens with zero attached hydrogens (tertiary/aromatic N) is 4. The molecule has 4 heterocycles. The first-order valence-electron chi connectivity index (χ1n) is 8.47. The monoisotopic (exact) mass is 365 g/mol. The number of carbonyl (C=O) groups excluding carboxylic acids is 1. The van der Waals surface area contributed by atoms with Crippen molar-refractivity contribution in [3.8, 4) is 11.3 Å². The molecule has 8 nitrogen and oxygen atoms in total. The number of anilines is 1. The molecule has 0 unspecified atom stereocenters. The fourth-order valence-corrected chi connectivity index (χ4v) is 2.99. The SMILES string of the molecule is COCCNc1c(-c2ccc3nccn3c2)nc2ccc(C(=O)OC)cn12. The van der Waals surface area contributed by atoms with Gasteiger partial charge in [-0.15, -0.1) is 0 Å². The van der Waals surface area contributed by atoms with E-state index in [1.807, 2.05) is 33.3 Å². The number of rotatable bonds is 6. The smallest absolute Gasteiger partial charge is 0.339 e. The maximum Gasteiger partial charge on any atom is 0.339 e. The van der Waals surface area contributed by atoms with E-state index < -0.39 is 5.97 Å². The Hall–Kier alpha value is -3.39. The summed E-state index contributed by atoms with van der Waals surface area (Å²) in [5, 5.41) is 3.36. The Morgan fingerprint density at radius 2 is 2.00 bits per heavy atom. The number of imidazole rings is 2. The molecule has 0 aliphatic rings. The maximum absolute atomic E-state index is 11.9. The number of aromatic nitrogens is 4. The summed E-state index contributed by atoms with van der Waals surface area (Å²) in [5.74, 6) is 0.391. The lowest BCUT2D eigenvalue weighted by atomic mass is 10.2. The number of methoxy groups -OCH3 is 2. The molecule has 0 aliphatic heterocycles. The van der Waals surface area contributed by atoms with Crippen LogP contribution in [-0.2, 0) is 9.47 Å². The molecule has 8 heteroatoms. The summed E-state index contributed by atoms with van der Waals surface area (Å²) in [7, 11) is 3.02. The first-order chi connectivity index (χ1) is 13.2. The summed E-state index contributed by atoms with van der Waals surface area (Å²) in [4.78, 5) is 20.9. The van der Waals surface area contributed by atoms with Crippen LogP contribution in [0.15, 0.2) is 49.1 Å². The third-order valence-electron chi connectivity index (χ3n) is 4.30. The van der Waals surface area contributed by atoms with Crippen LogP contribution < -0.4 is 5.32 Å². The molecule has 4 rings (SSSR count). The molecule has 4 aromatic rings. The van der Waals surface area contributed by atoms with Gasteiger partial charge in [0.15, 0.2) is 0 Å². The van der Waals surface area contributed by atoms with E-state index in [-0.39, 0.29) is 0 Å². The molecule has 0 spiro atoms. The lowest BCUT2D eigenvalue weighted by molar-refractivity contribution is 0.0600. The van der Waals surface area contributed by atoms with Crippen LogP contribution in [0.5, 0.6) is 0 Å². The summed E-state index contributed by atoms with van der Waals surface area (Å²) in [6.07, 6.45) is 7.35. The molecule has 0 saturated carbocycles. The van der Waals surface area contributed by atoms with E-state index in [2.05, 4.69) is 10.3 Å². The van der Waals surface area contributed by atoms with Gasteiger partial charge in [-0.1, -0.05) is 0 Å². The first-order valence-corrected chi connectivity index (χ1v) is 8.47. The Labute approximate surface area is 155 Å². The summed E-state index contributed by atoms with van der Waals surface area (Å²) in [5.41, 5.74) is 3.76. The van der Waals surface area contributed by atoms with Crippen LogP contribution in [0.1, 0.15) is 10.4 Å². The van der Waals surface area contributed by atoms with E-state index in [4.69, 9.17) is 14.5 Å². The zero-order chi connectivity index (χ0) is 18.8. The molecular formula is C19H19N5O3. The number of hydrogen-bond acceptors (Lipinski definition) is 6. The van der Waals surface area contributed by atoms with Crippen molar-refractivity contribution >= 4 is 23.1 Å². The van der Waals surface area contributed by atoms with Crippen molar-refractivity contribution in [1.82, 2.24) is 18.8 Å². The third kappa shape index (κ3) is 3.11. The highest BCUT2D eigenvalue weighted by atomic mass is 16.5. The molecule has 0 aliphatic carbocycles. The van der Waals surface area contributed by atoms with Crippen LogP contribution in [0.4, 0.5) is 5.82 Å². The van der Waals surface area contributed by atoms with Crippen LogP contribution >= 0.6 is 0 Å². The van der Waals surface area contributed by atoms with Crippen molar-refractivity contribution in [2.75, 3.05) is 32.7 Å². The van der Waals surface area contributed by atoms with Crippen LogP contribution in [0.3, 0.4) is 0 Å². The van der Waals surface area contributed by atoms with Crippen LogP contribution in [0.2, 0.25) is 0 Å². The fraction of sp³-hybridized carbons (Fsp3) is 0.211. The van der Waals surface area contributed by atoms with Gasteiger partial charge in [-0.2, -0.15) is 0 Å². The molecule has 27 heavy (non-hydrogen) atoms. The molecule has 0 fully saturated rings. The molecule has 0 atom stereocenters. The van der Waals surface area contributed by atoms with Crippen molar-refractivity contribution in [1.29, 1.82) is 0 Å². The number of ether oxygens (including phenoxy) is 2. The van der Waals surface area contributed by atoms with E-state index in [9.17, 15) is 4.79 Å². The molecule has 1 N–H and O–H groups in total. The third-order valence-corrected chi connectivity index (χ3v) is 4.30. The zero-order valence-corrected chi connectivity index (χ0v) is 15.0. The highest BCUT2D eigenvalue weighted by Gasteiger charge is 2.16. The molecular weight excluding hydrogens is 346 g/mol. The first kappa shape index (κ1) is 17.0. The summed E-state index contributed by atoms with van der Waals surface area (Å²) < 4.78 is 13.8. The molecule has 4 aromatic heterocycles. The fourth-order valence-electron chi connectivity index (χ4n) is 2.99. The topological polar surface area (TPSA) is 82.2 Å². The second kappa shape index (κ2) is 7.08. The van der Waals surface area contributed by atoms with Gasteiger partial charge in [0.25, 0.3) is 0 Å². The highest BCUT2D eigenvalue weighted by Crippen LogP contribution is 2.29. The van der Waals surface area contributed by atoms with Crippen molar-refractivity contribution in [2.45, 2.75) is 0 Å². The van der Waals surface area contributed by atoms with E-state index in [1.54, 1.807) is 31.6 Å². The van der Waals surface area contributed by atoms with Gasteiger partial charge in [0.05, 0.1) is 19.3 Å². The maximum atomic E-state index is 11.9. The summed E-state index contributed by atoms with van der Waals surface area (Å²) in [6.45, 7) is 1.15. The van der Waals surface area contributed by atoms with Gasteiger partial charge in [0, 0.05) is 44.0 Å². The minimum Gasteiger partial charge on any atom is -0.465 e. The molecule has 138 valence electrons. The largest absolute Gasteiger partial charge is 0.465 e. The lowest BCUT2D eigenvalue weighted by Crippen LogP contribution is -2.11. The molecule has 0 bridgehead atoms. The Morgan fingerprint density at radius 1 is 1.15 bits per heavy atom. The molecule has 0 aromatic carbocycles. The average Bonchev–Trinajstić information content (AvgIpc) is 3.31. The summed E-state index contributed by atoms with van der Waals surface area (Å²) >= 11 is 0. The van der Waals surface area contributed by atoms with Gasteiger partial charge in [-0.05, 0) is 24.3 Å². The van der Waals surface area contributed by atoms with Crippen molar-refractivity contribution in [2.24, 2.45) is 0 Å². The minimum atomic E-state index is -0.394. The van der Waals surface area contributed by atoms with Gasteiger partial charge >= 0.3 is 5.97 Å². The molecule has 0 saturated heterocycles. The average molecular weight is 365 g/mol. The number of pyridine rings is 2. The van der Waals surface area contributed by atoms with E-state index >= 15 is 0 Å². The Balaban J connectivity index is 1.86. The number of carbonyl (C=O) groups is 1. The van der Waals surface area contributed by atoms with Gasteiger partial charge in [0.2, 0.25) is 0 Å². The van der Waals surface area contributed by atoms with Gasteiger partial charge in [-0.25, -0.2) is 14.8 Å². The van der Waals surface area contributed by atoms with E-state index in [0.29, 0.717) is 18.7 Å². The Bertz CT molecular complexity index is 1120. The number of hydrogen-bond donors (Lipinski definition) is 1. The van der Waals surface area contributed by atoms with E-state index in [1.165, 1.54) is 7.11 Å². The normalized spacial score (nSPS) is 11.2. The van der Waals surface area contributed by atoms with Crippen LogP contribution in [0, 0.1) is 0 Å². The zero-order valence-electron chi connectivity index (χ0n) is 15.0. The van der Waals surface area contributed by atoms with Crippen molar-refractivity contribution < 1.29 is 14.3 Å². The second-order valence-corrected chi connectivity index (χ2v) is 5.98. The lowest BCUT2D eigenvalue weighted by Gasteiger charge is -2.09. The van der Waals surface area contributed by atoms with Crippen LogP contribution in [0.25, 0.3) is 22.6 Å². The predicted octanol–water partition coefficient (Wildman–Crippen LogP) is 2.49. The van der Waals surface area contributed by atoms with E-state index in [0.717, 1.165) is 28.4 Å². The van der Waals surface area contributed by atoms with Crippen molar-refractivity contribution in [3.63, 3.8) is 0 Å².